The van der Waals surface area contributed by atoms with E-state index < -0.39 is 23.5 Å². The molecule has 0 aliphatic carbocycles. The number of nitrogens with one attached hydrogen (secondary N) is 1. The van der Waals surface area contributed by atoms with Crippen LogP contribution in [0.1, 0.15) is 26.2 Å². The number of carbonyl (C=O) groups is 2. The lowest BCUT2D eigenvalue weighted by Gasteiger charge is -2.18. The molecular weight excluding hydrogens is 306 g/mol. The number of hydrogen-bond donors (Lipinski definition) is 2. The summed E-state index contributed by atoms with van der Waals surface area (Å²) in [5, 5.41) is 11.5. The van der Waals surface area contributed by atoms with Crippen LogP contribution in [0.5, 0.6) is 0 Å². The Kier molecular flexibility index (Phi) is 5.65. The quantitative estimate of drug-likeness (QED) is 0.780. The van der Waals surface area contributed by atoms with Crippen LogP contribution in [0.4, 0.5) is 14.5 Å². The molecular formula is C16H20F2N2O3. The predicted octanol–water partition coefficient (Wildman–Crippen LogP) is 1.59. The van der Waals surface area contributed by atoms with Crippen LogP contribution in [0.15, 0.2) is 18.2 Å². The van der Waals surface area contributed by atoms with E-state index in [4.69, 9.17) is 5.11 Å². The minimum atomic E-state index is -0.849. The van der Waals surface area contributed by atoms with E-state index in [0.29, 0.717) is 19.3 Å². The number of rotatable bonds is 6. The van der Waals surface area contributed by atoms with Gasteiger partial charge in [-0.3, -0.25) is 9.59 Å². The van der Waals surface area contributed by atoms with Crippen LogP contribution in [0.2, 0.25) is 0 Å². The van der Waals surface area contributed by atoms with E-state index in [2.05, 4.69) is 5.32 Å². The fraction of sp³-hybridized carbons (Fsp3) is 0.500. The molecule has 1 aliphatic heterocycles. The van der Waals surface area contributed by atoms with Gasteiger partial charge in [-0.1, -0.05) is 0 Å². The number of aliphatic hydroxyl groups is 1. The van der Waals surface area contributed by atoms with Crippen molar-refractivity contribution in [3.63, 3.8) is 0 Å². The van der Waals surface area contributed by atoms with E-state index in [9.17, 15) is 18.4 Å². The van der Waals surface area contributed by atoms with E-state index in [-0.39, 0.29) is 30.8 Å². The second-order valence-electron chi connectivity index (χ2n) is 5.73. The Balaban J connectivity index is 2.02. The van der Waals surface area contributed by atoms with Crippen molar-refractivity contribution >= 4 is 17.5 Å². The molecule has 23 heavy (non-hydrogen) atoms. The van der Waals surface area contributed by atoms with Gasteiger partial charge in [0.1, 0.15) is 17.6 Å². The van der Waals surface area contributed by atoms with Gasteiger partial charge in [-0.15, -0.1) is 0 Å². The van der Waals surface area contributed by atoms with Gasteiger partial charge >= 0.3 is 0 Å². The van der Waals surface area contributed by atoms with Gasteiger partial charge in [0.05, 0.1) is 0 Å². The van der Waals surface area contributed by atoms with Gasteiger partial charge < -0.3 is 15.3 Å². The van der Waals surface area contributed by atoms with Gasteiger partial charge in [0.15, 0.2) is 0 Å². The number of benzene rings is 1. The average molecular weight is 326 g/mol. The van der Waals surface area contributed by atoms with Gasteiger partial charge in [-0.2, -0.15) is 0 Å². The number of anilines is 1. The standard InChI is InChI=1S/C16H20F2N2O3/c1-10(3-2-6-21)19-15(22)14-4-5-20(16(14)23)13-8-11(17)7-12(18)9-13/h7-10,14,21H,2-6H2,1H3,(H,19,22). The fourth-order valence-electron chi connectivity index (χ4n) is 2.69. The molecule has 1 heterocycles. The Bertz CT molecular complexity index is 574. The molecule has 2 N–H and O–H groups in total. The Labute approximate surface area is 133 Å². The monoisotopic (exact) mass is 326 g/mol. The Morgan fingerprint density at radius 3 is 2.65 bits per heavy atom. The number of amides is 2. The summed E-state index contributed by atoms with van der Waals surface area (Å²) in [6.45, 7) is 2.08. The highest BCUT2D eigenvalue weighted by atomic mass is 19.1. The average Bonchev–Trinajstić information content (AvgIpc) is 2.86. The van der Waals surface area contributed by atoms with E-state index in [0.717, 1.165) is 18.2 Å². The van der Waals surface area contributed by atoms with Crippen molar-refractivity contribution < 1.29 is 23.5 Å². The first-order valence-electron chi connectivity index (χ1n) is 7.61. The molecule has 0 spiro atoms. The zero-order valence-corrected chi connectivity index (χ0v) is 12.9. The molecule has 7 heteroatoms. The molecule has 1 aromatic rings. The molecule has 0 saturated carbocycles. The van der Waals surface area contributed by atoms with Crippen LogP contribution in [0, 0.1) is 17.6 Å². The Morgan fingerprint density at radius 1 is 1.39 bits per heavy atom. The SMILES string of the molecule is CC(CCCO)NC(=O)C1CCN(c2cc(F)cc(F)c2)C1=O. The van der Waals surface area contributed by atoms with Gasteiger partial charge in [0.25, 0.3) is 0 Å². The first kappa shape index (κ1) is 17.3. The second kappa shape index (κ2) is 7.50. The minimum absolute atomic E-state index is 0.0431. The molecule has 1 saturated heterocycles. The Morgan fingerprint density at radius 2 is 2.04 bits per heavy atom. The van der Waals surface area contributed by atoms with Crippen LogP contribution in [0.25, 0.3) is 0 Å². The first-order chi connectivity index (χ1) is 10.9. The third kappa shape index (κ3) is 4.25. The third-order valence-corrected chi connectivity index (χ3v) is 3.86. The lowest BCUT2D eigenvalue weighted by molar-refractivity contribution is -0.132. The largest absolute Gasteiger partial charge is 0.396 e. The maximum atomic E-state index is 13.3. The summed E-state index contributed by atoms with van der Waals surface area (Å²) < 4.78 is 26.6. The molecule has 0 radical (unpaired) electrons. The topological polar surface area (TPSA) is 69.6 Å². The van der Waals surface area contributed by atoms with Crippen LogP contribution in [-0.2, 0) is 9.59 Å². The number of hydrogen-bond acceptors (Lipinski definition) is 3. The predicted molar refractivity (Wildman–Crippen MR) is 80.7 cm³/mol. The second-order valence-corrected chi connectivity index (χ2v) is 5.73. The van der Waals surface area contributed by atoms with E-state index in [1.54, 1.807) is 6.92 Å². The molecule has 126 valence electrons. The van der Waals surface area contributed by atoms with Crippen molar-refractivity contribution in [1.82, 2.24) is 5.32 Å². The maximum Gasteiger partial charge on any atom is 0.239 e. The summed E-state index contributed by atoms with van der Waals surface area (Å²) in [4.78, 5) is 25.7. The first-order valence-corrected chi connectivity index (χ1v) is 7.61. The van der Waals surface area contributed by atoms with Gasteiger partial charge in [-0.25, -0.2) is 8.78 Å². The van der Waals surface area contributed by atoms with Gasteiger partial charge in [-0.05, 0) is 38.3 Å². The molecule has 1 aliphatic rings. The fourth-order valence-corrected chi connectivity index (χ4v) is 2.69. The summed E-state index contributed by atoms with van der Waals surface area (Å²) in [6, 6.07) is 2.73. The summed E-state index contributed by atoms with van der Waals surface area (Å²) >= 11 is 0. The molecule has 1 fully saturated rings. The smallest absolute Gasteiger partial charge is 0.239 e. The number of carbonyl (C=O) groups excluding carboxylic acids is 2. The summed E-state index contributed by atoms with van der Waals surface area (Å²) in [6.07, 6.45) is 1.48. The third-order valence-electron chi connectivity index (χ3n) is 3.86. The molecule has 2 unspecified atom stereocenters. The lowest BCUT2D eigenvalue weighted by Crippen LogP contribution is -2.41. The number of aliphatic hydroxyl groups excluding tert-OH is 1. The van der Waals surface area contributed by atoms with Crippen molar-refractivity contribution in [2.75, 3.05) is 18.1 Å². The summed E-state index contributed by atoms with van der Waals surface area (Å²) in [5.74, 6) is -3.23. The van der Waals surface area contributed by atoms with Gasteiger partial charge in [0.2, 0.25) is 11.8 Å². The molecule has 0 aromatic heterocycles. The van der Waals surface area contributed by atoms with Crippen molar-refractivity contribution in [3.05, 3.63) is 29.8 Å². The van der Waals surface area contributed by atoms with Gasteiger partial charge in [0, 0.05) is 30.9 Å². The highest BCUT2D eigenvalue weighted by Gasteiger charge is 2.38. The molecule has 0 bridgehead atoms. The maximum absolute atomic E-state index is 13.3. The molecule has 2 atom stereocenters. The lowest BCUT2D eigenvalue weighted by atomic mass is 10.1. The highest BCUT2D eigenvalue weighted by molar-refractivity contribution is 6.09. The van der Waals surface area contributed by atoms with Crippen molar-refractivity contribution in [2.24, 2.45) is 5.92 Å². The number of nitrogens with zero attached hydrogens (tertiary/aromatic N) is 1. The van der Waals surface area contributed by atoms with E-state index in [1.165, 1.54) is 4.90 Å². The van der Waals surface area contributed by atoms with Crippen LogP contribution in [0.3, 0.4) is 0 Å². The zero-order chi connectivity index (χ0) is 17.0. The molecule has 5 nitrogen and oxygen atoms in total. The zero-order valence-electron chi connectivity index (χ0n) is 12.9. The van der Waals surface area contributed by atoms with E-state index in [1.807, 2.05) is 0 Å². The van der Waals surface area contributed by atoms with Crippen LogP contribution >= 0.6 is 0 Å². The number of halogens is 2. The normalized spacial score (nSPS) is 19.0. The van der Waals surface area contributed by atoms with Crippen LogP contribution in [-0.4, -0.2) is 36.1 Å². The van der Waals surface area contributed by atoms with Crippen LogP contribution < -0.4 is 10.2 Å². The molecule has 2 amide bonds. The van der Waals surface area contributed by atoms with Crippen molar-refractivity contribution in [3.8, 4) is 0 Å². The highest BCUT2D eigenvalue weighted by Crippen LogP contribution is 2.27. The molecule has 2 rings (SSSR count). The Hall–Kier alpha value is -2.02. The van der Waals surface area contributed by atoms with E-state index >= 15 is 0 Å². The summed E-state index contributed by atoms with van der Waals surface area (Å²) in [7, 11) is 0. The minimum Gasteiger partial charge on any atom is -0.396 e. The summed E-state index contributed by atoms with van der Waals surface area (Å²) in [5.41, 5.74) is 0.121. The van der Waals surface area contributed by atoms with Crippen molar-refractivity contribution in [1.29, 1.82) is 0 Å². The van der Waals surface area contributed by atoms with Crippen molar-refractivity contribution in [2.45, 2.75) is 32.2 Å². The molecule has 1 aromatic carbocycles.